The average molecular weight is 256 g/mol. The molecule has 17 heavy (non-hydrogen) atoms. The SMILES string of the molecule is Cc1nsc(NC(=O)[C@@H]2CCCO2)c1C(=O)O. The van der Waals surface area contributed by atoms with Gasteiger partial charge in [0.2, 0.25) is 0 Å². The number of ether oxygens (including phenoxy) is 1. The van der Waals surface area contributed by atoms with Crippen LogP contribution in [0.25, 0.3) is 0 Å². The summed E-state index contributed by atoms with van der Waals surface area (Å²) in [6.45, 7) is 2.17. The molecule has 0 radical (unpaired) electrons. The predicted octanol–water partition coefficient (Wildman–Crippen LogP) is 1.27. The number of amides is 1. The van der Waals surface area contributed by atoms with Crippen molar-refractivity contribution in [1.29, 1.82) is 0 Å². The summed E-state index contributed by atoms with van der Waals surface area (Å²) in [7, 11) is 0. The number of anilines is 1. The summed E-state index contributed by atoms with van der Waals surface area (Å²) < 4.78 is 9.14. The van der Waals surface area contributed by atoms with Crippen LogP contribution in [0.4, 0.5) is 5.00 Å². The lowest BCUT2D eigenvalue weighted by Crippen LogP contribution is -2.27. The van der Waals surface area contributed by atoms with Gasteiger partial charge < -0.3 is 15.2 Å². The molecule has 0 bridgehead atoms. The molecule has 1 atom stereocenters. The number of carbonyl (C=O) groups excluding carboxylic acids is 1. The fourth-order valence-corrected chi connectivity index (χ4v) is 2.48. The van der Waals surface area contributed by atoms with E-state index < -0.39 is 12.1 Å². The Kier molecular flexibility index (Phi) is 3.39. The van der Waals surface area contributed by atoms with Crippen LogP contribution in [0.15, 0.2) is 0 Å². The highest BCUT2D eigenvalue weighted by Crippen LogP contribution is 2.25. The maximum absolute atomic E-state index is 11.7. The zero-order valence-electron chi connectivity index (χ0n) is 9.23. The Bertz CT molecular complexity index is 451. The number of carboxylic acids is 1. The second kappa shape index (κ2) is 4.80. The Labute approximate surface area is 102 Å². The van der Waals surface area contributed by atoms with E-state index in [0.29, 0.717) is 18.7 Å². The molecule has 1 amide bonds. The van der Waals surface area contributed by atoms with Crippen molar-refractivity contribution in [3.05, 3.63) is 11.3 Å². The van der Waals surface area contributed by atoms with Crippen molar-refractivity contribution in [2.24, 2.45) is 0 Å². The lowest BCUT2D eigenvalue weighted by molar-refractivity contribution is -0.124. The van der Waals surface area contributed by atoms with Crippen LogP contribution < -0.4 is 5.32 Å². The van der Waals surface area contributed by atoms with E-state index in [4.69, 9.17) is 9.84 Å². The van der Waals surface area contributed by atoms with Gasteiger partial charge in [-0.2, -0.15) is 4.37 Å². The second-order valence-corrected chi connectivity index (χ2v) is 4.54. The Morgan fingerprint density at radius 1 is 1.59 bits per heavy atom. The topological polar surface area (TPSA) is 88.5 Å². The number of hydrogen-bond acceptors (Lipinski definition) is 5. The summed E-state index contributed by atoms with van der Waals surface area (Å²) in [5.74, 6) is -1.38. The number of aromatic carboxylic acids is 1. The zero-order chi connectivity index (χ0) is 12.4. The minimum atomic E-state index is -1.08. The van der Waals surface area contributed by atoms with Crippen LogP contribution >= 0.6 is 11.5 Å². The minimum Gasteiger partial charge on any atom is -0.478 e. The van der Waals surface area contributed by atoms with E-state index in [-0.39, 0.29) is 16.5 Å². The predicted molar refractivity (Wildman–Crippen MR) is 61.4 cm³/mol. The summed E-state index contributed by atoms with van der Waals surface area (Å²) in [6.07, 6.45) is 1.05. The van der Waals surface area contributed by atoms with Gasteiger partial charge in [0.15, 0.2) is 0 Å². The highest BCUT2D eigenvalue weighted by molar-refractivity contribution is 7.11. The standard InChI is InChI=1S/C10H12N2O4S/c1-5-7(10(14)15)9(17-12-5)11-8(13)6-3-2-4-16-6/h6H,2-4H2,1H3,(H,11,13)(H,14,15)/t6-/m0/s1. The number of nitrogens with one attached hydrogen (secondary N) is 1. The van der Waals surface area contributed by atoms with Gasteiger partial charge in [0.05, 0.1) is 5.69 Å². The highest BCUT2D eigenvalue weighted by Gasteiger charge is 2.26. The molecule has 2 heterocycles. The number of aromatic nitrogens is 1. The lowest BCUT2D eigenvalue weighted by Gasteiger charge is -2.09. The quantitative estimate of drug-likeness (QED) is 0.850. The molecule has 7 heteroatoms. The molecule has 92 valence electrons. The third-order valence-corrected chi connectivity index (χ3v) is 3.39. The Hall–Kier alpha value is -1.47. The van der Waals surface area contributed by atoms with Crippen LogP contribution in [0.2, 0.25) is 0 Å². The number of nitrogens with zero attached hydrogens (tertiary/aromatic N) is 1. The van der Waals surface area contributed by atoms with Crippen molar-refractivity contribution in [2.45, 2.75) is 25.9 Å². The van der Waals surface area contributed by atoms with Gasteiger partial charge in [-0.3, -0.25) is 4.79 Å². The number of rotatable bonds is 3. The van der Waals surface area contributed by atoms with E-state index in [1.807, 2.05) is 0 Å². The Morgan fingerprint density at radius 2 is 2.35 bits per heavy atom. The van der Waals surface area contributed by atoms with E-state index in [1.54, 1.807) is 6.92 Å². The first-order chi connectivity index (χ1) is 8.09. The van der Waals surface area contributed by atoms with Gasteiger partial charge in [0.25, 0.3) is 5.91 Å². The fraction of sp³-hybridized carbons (Fsp3) is 0.500. The molecule has 0 aliphatic carbocycles. The molecule has 0 saturated carbocycles. The molecule has 1 aromatic rings. The van der Waals surface area contributed by atoms with Crippen molar-refractivity contribution in [3.63, 3.8) is 0 Å². The third kappa shape index (κ3) is 2.45. The van der Waals surface area contributed by atoms with Crippen molar-refractivity contribution in [1.82, 2.24) is 4.37 Å². The average Bonchev–Trinajstić information content (AvgIpc) is 2.87. The molecule has 1 aliphatic rings. The van der Waals surface area contributed by atoms with E-state index in [2.05, 4.69) is 9.69 Å². The largest absolute Gasteiger partial charge is 0.478 e. The molecule has 1 fully saturated rings. The van der Waals surface area contributed by atoms with Crippen LogP contribution in [0.1, 0.15) is 28.9 Å². The first kappa shape index (κ1) is 12.0. The van der Waals surface area contributed by atoms with Crippen LogP contribution in [0, 0.1) is 6.92 Å². The van der Waals surface area contributed by atoms with Gasteiger partial charge in [0, 0.05) is 6.61 Å². The minimum absolute atomic E-state index is 0.0568. The van der Waals surface area contributed by atoms with Crippen molar-refractivity contribution >= 4 is 28.4 Å². The van der Waals surface area contributed by atoms with Crippen molar-refractivity contribution in [3.8, 4) is 0 Å². The van der Waals surface area contributed by atoms with Crippen LogP contribution in [0.3, 0.4) is 0 Å². The van der Waals surface area contributed by atoms with Crippen LogP contribution in [0.5, 0.6) is 0 Å². The smallest absolute Gasteiger partial charge is 0.340 e. The normalized spacial score (nSPS) is 19.2. The lowest BCUT2D eigenvalue weighted by atomic mass is 10.2. The Balaban J connectivity index is 2.13. The van der Waals surface area contributed by atoms with E-state index >= 15 is 0 Å². The second-order valence-electron chi connectivity index (χ2n) is 3.77. The van der Waals surface area contributed by atoms with Gasteiger partial charge in [-0.15, -0.1) is 0 Å². The maximum atomic E-state index is 11.7. The summed E-state index contributed by atoms with van der Waals surface area (Å²) in [6, 6.07) is 0. The molecule has 6 nitrogen and oxygen atoms in total. The first-order valence-corrected chi connectivity index (χ1v) is 5.99. The summed E-state index contributed by atoms with van der Waals surface area (Å²) in [5, 5.41) is 11.8. The van der Waals surface area contributed by atoms with Gasteiger partial charge >= 0.3 is 5.97 Å². The first-order valence-electron chi connectivity index (χ1n) is 5.21. The molecule has 0 unspecified atom stereocenters. The monoisotopic (exact) mass is 256 g/mol. The molecule has 0 aromatic carbocycles. The molecule has 0 spiro atoms. The molecular weight excluding hydrogens is 244 g/mol. The molecule has 1 saturated heterocycles. The van der Waals surface area contributed by atoms with E-state index in [0.717, 1.165) is 18.0 Å². The molecule has 2 N–H and O–H groups in total. The number of carbonyl (C=O) groups is 2. The third-order valence-electron chi connectivity index (χ3n) is 2.54. The van der Waals surface area contributed by atoms with Gasteiger partial charge in [-0.25, -0.2) is 4.79 Å². The molecule has 1 aliphatic heterocycles. The zero-order valence-corrected chi connectivity index (χ0v) is 10.0. The fourth-order valence-electron chi connectivity index (χ4n) is 1.68. The molecule has 2 rings (SSSR count). The van der Waals surface area contributed by atoms with E-state index in [9.17, 15) is 9.59 Å². The molecule has 1 aromatic heterocycles. The summed E-state index contributed by atoms with van der Waals surface area (Å²) >= 11 is 0.973. The number of aryl methyl sites for hydroxylation is 1. The van der Waals surface area contributed by atoms with E-state index in [1.165, 1.54) is 0 Å². The van der Waals surface area contributed by atoms with Crippen LogP contribution in [-0.4, -0.2) is 34.1 Å². The Morgan fingerprint density at radius 3 is 2.94 bits per heavy atom. The van der Waals surface area contributed by atoms with Gasteiger partial charge in [-0.05, 0) is 31.3 Å². The van der Waals surface area contributed by atoms with Crippen molar-refractivity contribution < 1.29 is 19.4 Å². The summed E-state index contributed by atoms with van der Waals surface area (Å²) in [5.41, 5.74) is 0.464. The van der Waals surface area contributed by atoms with Gasteiger partial charge in [0.1, 0.15) is 16.7 Å². The number of hydrogen-bond donors (Lipinski definition) is 2. The highest BCUT2D eigenvalue weighted by atomic mass is 32.1. The van der Waals surface area contributed by atoms with Crippen molar-refractivity contribution in [2.75, 3.05) is 11.9 Å². The molecular formula is C10H12N2O4S. The number of carboxylic acid groups (broad SMARTS) is 1. The van der Waals surface area contributed by atoms with Crippen LogP contribution in [-0.2, 0) is 9.53 Å². The van der Waals surface area contributed by atoms with Gasteiger partial charge in [-0.1, -0.05) is 0 Å². The maximum Gasteiger partial charge on any atom is 0.340 e. The summed E-state index contributed by atoms with van der Waals surface area (Å²) in [4.78, 5) is 22.7.